The number of hydrazine groups is 1. The van der Waals surface area contributed by atoms with Crippen LogP contribution in [0.2, 0.25) is 0 Å². The van der Waals surface area contributed by atoms with Crippen LogP contribution in [0.5, 0.6) is 11.5 Å². The Morgan fingerprint density at radius 1 is 1.06 bits per heavy atom. The van der Waals surface area contributed by atoms with E-state index >= 15 is 0 Å². The highest BCUT2D eigenvalue weighted by Gasteiger charge is 2.23. The standard InChI is InChI=1S/C21H24N4O5S2/c1-29-16-8-6-13(7-9-16)19(28)23-20(31)14(12-26)10-18(27)24-25-21(32)22-15-4-3-5-17(11-15)30-2/h3-9,11-12,14,20,31H,10H2,1-2H3,(H,23,28)(H,24,27)(H2,22,25,32). The number of ether oxygens (including phenoxy) is 2. The maximum absolute atomic E-state index is 12.3. The smallest absolute Gasteiger partial charge is 0.252 e. The van der Waals surface area contributed by atoms with E-state index in [1.807, 2.05) is 0 Å². The summed E-state index contributed by atoms with van der Waals surface area (Å²) in [5, 5.41) is 4.77. The summed E-state index contributed by atoms with van der Waals surface area (Å²) in [4.78, 5) is 36.0. The van der Waals surface area contributed by atoms with Crippen LogP contribution in [0, 0.1) is 5.92 Å². The number of hydrogen-bond acceptors (Lipinski definition) is 7. The minimum Gasteiger partial charge on any atom is -0.497 e. The average molecular weight is 477 g/mol. The van der Waals surface area contributed by atoms with E-state index in [0.29, 0.717) is 29.0 Å². The third-order valence-electron chi connectivity index (χ3n) is 4.28. The molecule has 2 aromatic rings. The maximum atomic E-state index is 12.3. The van der Waals surface area contributed by atoms with Crippen molar-refractivity contribution in [2.75, 3.05) is 19.5 Å². The predicted molar refractivity (Wildman–Crippen MR) is 128 cm³/mol. The molecule has 0 aliphatic rings. The molecule has 2 atom stereocenters. The third kappa shape index (κ3) is 7.75. The van der Waals surface area contributed by atoms with E-state index in [4.69, 9.17) is 21.7 Å². The molecule has 0 aliphatic heterocycles. The van der Waals surface area contributed by atoms with Crippen LogP contribution in [0.15, 0.2) is 48.5 Å². The second-order valence-corrected chi connectivity index (χ2v) is 7.47. The molecule has 0 radical (unpaired) electrons. The van der Waals surface area contributed by atoms with Gasteiger partial charge < -0.3 is 24.9 Å². The molecule has 2 aromatic carbocycles. The molecule has 0 saturated carbocycles. The van der Waals surface area contributed by atoms with Gasteiger partial charge in [-0.1, -0.05) is 6.07 Å². The molecule has 2 amide bonds. The lowest BCUT2D eigenvalue weighted by Crippen LogP contribution is -2.46. The van der Waals surface area contributed by atoms with Gasteiger partial charge in [-0.05, 0) is 48.6 Å². The molecular weight excluding hydrogens is 452 g/mol. The van der Waals surface area contributed by atoms with Gasteiger partial charge in [0.1, 0.15) is 17.8 Å². The topological polar surface area (TPSA) is 118 Å². The van der Waals surface area contributed by atoms with Crippen LogP contribution >= 0.6 is 24.8 Å². The summed E-state index contributed by atoms with van der Waals surface area (Å²) in [7, 11) is 3.07. The molecule has 0 spiro atoms. The van der Waals surface area contributed by atoms with Crippen molar-refractivity contribution >= 4 is 53.7 Å². The number of carbonyl (C=O) groups is 3. The Hall–Kier alpha value is -3.31. The summed E-state index contributed by atoms with van der Waals surface area (Å²) in [6, 6.07) is 13.5. The Morgan fingerprint density at radius 3 is 2.38 bits per heavy atom. The minimum atomic E-state index is -0.866. The Morgan fingerprint density at radius 2 is 1.75 bits per heavy atom. The number of anilines is 1. The number of hydrogen-bond donors (Lipinski definition) is 5. The van der Waals surface area contributed by atoms with Crippen molar-refractivity contribution in [3.63, 3.8) is 0 Å². The van der Waals surface area contributed by atoms with Crippen molar-refractivity contribution in [3.05, 3.63) is 54.1 Å². The molecule has 0 aliphatic carbocycles. The van der Waals surface area contributed by atoms with E-state index in [1.165, 1.54) is 7.11 Å². The summed E-state index contributed by atoms with van der Waals surface area (Å²) in [6.07, 6.45) is 0.355. The minimum absolute atomic E-state index is 0.143. The zero-order valence-electron chi connectivity index (χ0n) is 17.5. The highest BCUT2D eigenvalue weighted by Crippen LogP contribution is 2.16. The first kappa shape index (κ1) is 25.0. The first-order chi connectivity index (χ1) is 15.4. The van der Waals surface area contributed by atoms with E-state index in [1.54, 1.807) is 55.6 Å². The number of methoxy groups -OCH3 is 2. The van der Waals surface area contributed by atoms with Gasteiger partial charge in [0.05, 0.1) is 25.5 Å². The average Bonchev–Trinajstić information content (AvgIpc) is 2.81. The fourth-order valence-electron chi connectivity index (χ4n) is 2.56. The normalized spacial score (nSPS) is 12.0. The Bertz CT molecular complexity index is 955. The monoisotopic (exact) mass is 476 g/mol. The van der Waals surface area contributed by atoms with E-state index in [2.05, 4.69) is 34.1 Å². The number of carbonyl (C=O) groups excluding carboxylic acids is 3. The molecule has 0 saturated heterocycles. The van der Waals surface area contributed by atoms with Crippen molar-refractivity contribution in [2.45, 2.75) is 11.8 Å². The van der Waals surface area contributed by atoms with Crippen LogP contribution in [0.25, 0.3) is 0 Å². The van der Waals surface area contributed by atoms with Crippen LogP contribution < -0.4 is 31.0 Å². The number of rotatable bonds is 9. The Kier molecular flexibility index (Phi) is 9.76. The molecule has 32 heavy (non-hydrogen) atoms. The molecule has 11 heteroatoms. The van der Waals surface area contributed by atoms with Crippen molar-refractivity contribution in [1.82, 2.24) is 16.2 Å². The van der Waals surface area contributed by atoms with Crippen LogP contribution in [0.4, 0.5) is 5.69 Å². The fourth-order valence-corrected chi connectivity index (χ4v) is 3.02. The fraction of sp³-hybridized carbons (Fsp3) is 0.238. The summed E-state index contributed by atoms with van der Waals surface area (Å²) >= 11 is 9.39. The molecule has 2 rings (SSSR count). The molecule has 0 fully saturated rings. The first-order valence-corrected chi connectivity index (χ1v) is 10.4. The molecule has 9 nitrogen and oxygen atoms in total. The van der Waals surface area contributed by atoms with Crippen molar-refractivity contribution in [3.8, 4) is 11.5 Å². The van der Waals surface area contributed by atoms with Gasteiger partial charge in [0, 0.05) is 23.7 Å². The molecule has 2 unspecified atom stereocenters. The lowest BCUT2D eigenvalue weighted by molar-refractivity contribution is -0.125. The molecule has 170 valence electrons. The molecule has 0 bridgehead atoms. The molecule has 0 heterocycles. The highest BCUT2D eigenvalue weighted by atomic mass is 32.1. The molecule has 0 aromatic heterocycles. The highest BCUT2D eigenvalue weighted by molar-refractivity contribution is 7.81. The van der Waals surface area contributed by atoms with Crippen LogP contribution in [-0.2, 0) is 9.59 Å². The van der Waals surface area contributed by atoms with Gasteiger partial charge in [-0.2, -0.15) is 12.6 Å². The van der Waals surface area contributed by atoms with Gasteiger partial charge in [0.2, 0.25) is 5.91 Å². The van der Waals surface area contributed by atoms with E-state index in [9.17, 15) is 14.4 Å². The molecular formula is C21H24N4O5S2. The number of aldehydes is 1. The SMILES string of the molecule is COc1ccc(C(=O)NC(S)C(C=O)CC(=O)NNC(=S)Nc2cccc(OC)c2)cc1. The van der Waals surface area contributed by atoms with Crippen LogP contribution in [0.3, 0.4) is 0 Å². The zero-order chi connectivity index (χ0) is 23.5. The van der Waals surface area contributed by atoms with E-state index in [0.717, 1.165) is 0 Å². The van der Waals surface area contributed by atoms with E-state index in [-0.39, 0.29) is 11.5 Å². The Balaban J connectivity index is 1.82. The largest absolute Gasteiger partial charge is 0.497 e. The number of benzene rings is 2. The summed E-state index contributed by atoms with van der Waals surface area (Å²) in [6.45, 7) is 0. The Labute approximate surface area is 196 Å². The maximum Gasteiger partial charge on any atom is 0.252 e. The summed E-state index contributed by atoms with van der Waals surface area (Å²) in [5.41, 5.74) is 5.99. The van der Waals surface area contributed by atoms with Gasteiger partial charge in [-0.25, -0.2) is 0 Å². The van der Waals surface area contributed by atoms with Gasteiger partial charge in [-0.15, -0.1) is 0 Å². The number of thiol groups is 1. The number of nitrogens with one attached hydrogen (secondary N) is 4. The quantitative estimate of drug-likeness (QED) is 0.123. The molecule has 4 N–H and O–H groups in total. The van der Waals surface area contributed by atoms with Crippen LogP contribution in [0.1, 0.15) is 16.8 Å². The van der Waals surface area contributed by atoms with Gasteiger partial charge in [0.15, 0.2) is 5.11 Å². The predicted octanol–water partition coefficient (Wildman–Crippen LogP) is 1.91. The number of thiocarbonyl (C=S) groups is 1. The van der Waals surface area contributed by atoms with E-state index < -0.39 is 23.1 Å². The third-order valence-corrected chi connectivity index (χ3v) is 4.99. The van der Waals surface area contributed by atoms with Crippen molar-refractivity contribution in [2.24, 2.45) is 5.92 Å². The van der Waals surface area contributed by atoms with Gasteiger partial charge >= 0.3 is 0 Å². The second-order valence-electron chi connectivity index (χ2n) is 6.51. The first-order valence-electron chi connectivity index (χ1n) is 9.44. The zero-order valence-corrected chi connectivity index (χ0v) is 19.2. The lowest BCUT2D eigenvalue weighted by atomic mass is 10.1. The number of amides is 2. The second kappa shape index (κ2) is 12.5. The van der Waals surface area contributed by atoms with Crippen molar-refractivity contribution in [1.29, 1.82) is 0 Å². The van der Waals surface area contributed by atoms with Crippen LogP contribution in [-0.4, -0.2) is 42.8 Å². The summed E-state index contributed by atoms with van der Waals surface area (Å²) in [5.74, 6) is -0.538. The van der Waals surface area contributed by atoms with Gasteiger partial charge in [0.25, 0.3) is 5.91 Å². The van der Waals surface area contributed by atoms with Crippen molar-refractivity contribution < 1.29 is 23.9 Å². The van der Waals surface area contributed by atoms with Gasteiger partial charge in [-0.3, -0.25) is 20.4 Å². The summed E-state index contributed by atoms with van der Waals surface area (Å²) < 4.78 is 10.2. The lowest BCUT2D eigenvalue weighted by Gasteiger charge is -2.19.